The van der Waals surface area contributed by atoms with Crippen molar-refractivity contribution in [3.05, 3.63) is 254 Å². The second kappa shape index (κ2) is 15.8. The van der Waals surface area contributed by atoms with Crippen molar-refractivity contribution in [1.29, 1.82) is 0 Å². The third-order valence-electron chi connectivity index (χ3n) is 12.7. The Hall–Kier alpha value is -8.46. The summed E-state index contributed by atoms with van der Waals surface area (Å²) in [6.07, 6.45) is 4.51. The van der Waals surface area contributed by atoms with E-state index in [1.807, 2.05) is 0 Å². The van der Waals surface area contributed by atoms with Crippen molar-refractivity contribution in [3.8, 4) is 0 Å². The van der Waals surface area contributed by atoms with Gasteiger partial charge in [0, 0.05) is 33.8 Å². The fourth-order valence-corrected chi connectivity index (χ4v) is 9.46. The highest BCUT2D eigenvalue weighted by Crippen LogP contribution is 2.43. The molecule has 12 aromatic rings. The first kappa shape index (κ1) is 37.3. The predicted octanol–water partition coefficient (Wildman–Crippen LogP) is 17.7. The van der Waals surface area contributed by atoms with Crippen LogP contribution in [0.25, 0.3) is 76.8 Å². The molecule has 0 N–H and O–H groups in total. The maximum atomic E-state index is 2.41. The number of nitrogens with zero attached hydrogens (tertiary/aromatic N) is 2. The summed E-state index contributed by atoms with van der Waals surface area (Å²) in [5, 5.41) is 14.6. The standard InChI is InChI=1S/C62H42N2/c1-5-15-49-38-55(31-25-44(49)11-1)63(56-32-26-45-12-2-6-16-50(45)39-56)57-35-29-53-37-43(22-24-54(53)42-57)21-23-48-30-36-62(61-20-10-9-19-60(48)61)64(58-33-27-46-13-3-7-17-51(46)40-58)59-34-28-47-14-4-8-18-52(47)41-59/h1-42H. The molecule has 0 unspecified atom stereocenters. The molecule has 0 atom stereocenters. The molecule has 12 aromatic carbocycles. The molecule has 0 spiro atoms. The molecule has 0 aromatic heterocycles. The molecule has 0 bridgehead atoms. The van der Waals surface area contributed by atoms with Gasteiger partial charge in [0.15, 0.2) is 0 Å². The summed E-state index contributed by atoms with van der Waals surface area (Å²) in [4.78, 5) is 4.79. The molecule has 0 saturated carbocycles. The first-order chi connectivity index (χ1) is 31.7. The molecule has 0 heterocycles. The maximum Gasteiger partial charge on any atom is 0.0540 e. The van der Waals surface area contributed by atoms with Gasteiger partial charge in [-0.05, 0) is 143 Å². The molecule has 0 radical (unpaired) electrons. The maximum absolute atomic E-state index is 2.41. The quantitative estimate of drug-likeness (QED) is 0.141. The zero-order valence-corrected chi connectivity index (χ0v) is 35.1. The van der Waals surface area contributed by atoms with Gasteiger partial charge in [-0.3, -0.25) is 0 Å². The number of anilines is 6. The van der Waals surface area contributed by atoms with Crippen molar-refractivity contribution in [2.75, 3.05) is 9.80 Å². The number of hydrogen-bond acceptors (Lipinski definition) is 2. The van der Waals surface area contributed by atoms with Crippen LogP contribution in [0.2, 0.25) is 0 Å². The third-order valence-corrected chi connectivity index (χ3v) is 12.7. The van der Waals surface area contributed by atoms with Crippen LogP contribution >= 0.6 is 0 Å². The van der Waals surface area contributed by atoms with Crippen LogP contribution in [0.4, 0.5) is 34.1 Å². The fraction of sp³-hybridized carbons (Fsp3) is 0. The van der Waals surface area contributed by atoms with E-state index < -0.39 is 0 Å². The lowest BCUT2D eigenvalue weighted by Gasteiger charge is -2.28. The summed E-state index contributed by atoms with van der Waals surface area (Å²) in [7, 11) is 0. The third kappa shape index (κ3) is 6.88. The van der Waals surface area contributed by atoms with Crippen LogP contribution in [-0.2, 0) is 0 Å². The largest absolute Gasteiger partial charge is 0.310 e. The van der Waals surface area contributed by atoms with E-state index in [4.69, 9.17) is 0 Å². The highest BCUT2D eigenvalue weighted by Gasteiger charge is 2.18. The van der Waals surface area contributed by atoms with Gasteiger partial charge in [-0.15, -0.1) is 0 Å². The summed E-state index contributed by atoms with van der Waals surface area (Å²) in [5.74, 6) is 0. The van der Waals surface area contributed by atoms with Crippen molar-refractivity contribution in [1.82, 2.24) is 0 Å². The van der Waals surface area contributed by atoms with Crippen LogP contribution in [-0.4, -0.2) is 0 Å². The summed E-state index contributed by atoms with van der Waals surface area (Å²) in [6.45, 7) is 0. The molecule has 0 aliphatic carbocycles. The Morgan fingerprint density at radius 1 is 0.234 bits per heavy atom. The van der Waals surface area contributed by atoms with Gasteiger partial charge < -0.3 is 9.80 Å². The van der Waals surface area contributed by atoms with Crippen LogP contribution in [0.5, 0.6) is 0 Å². The number of benzene rings is 12. The SMILES string of the molecule is C(=Cc1ccc(N(c2ccc3ccccc3c2)c2ccc3ccccc3c2)c2ccccc12)c1ccc2cc(N(c3ccc4ccccc4c3)c3ccc4ccccc4c3)ccc2c1. The summed E-state index contributed by atoms with van der Waals surface area (Å²) in [6, 6.07) is 88.4. The lowest BCUT2D eigenvalue weighted by molar-refractivity contribution is 1.30. The van der Waals surface area contributed by atoms with Gasteiger partial charge in [-0.25, -0.2) is 0 Å². The smallest absolute Gasteiger partial charge is 0.0540 e. The van der Waals surface area contributed by atoms with E-state index in [2.05, 4.69) is 265 Å². The Balaban J connectivity index is 0.907. The summed E-state index contributed by atoms with van der Waals surface area (Å²) >= 11 is 0. The predicted molar refractivity (Wildman–Crippen MR) is 276 cm³/mol. The molecule has 0 fully saturated rings. The van der Waals surface area contributed by atoms with Gasteiger partial charge >= 0.3 is 0 Å². The molecule has 2 nitrogen and oxygen atoms in total. The first-order valence-corrected chi connectivity index (χ1v) is 22.0. The Kier molecular flexibility index (Phi) is 9.20. The van der Waals surface area contributed by atoms with Gasteiger partial charge in [0.2, 0.25) is 0 Å². The topological polar surface area (TPSA) is 6.48 Å². The lowest BCUT2D eigenvalue weighted by Crippen LogP contribution is -2.10. The van der Waals surface area contributed by atoms with Crippen LogP contribution in [0.15, 0.2) is 243 Å². The van der Waals surface area contributed by atoms with E-state index in [1.165, 1.54) is 70.2 Å². The molecule has 64 heavy (non-hydrogen) atoms. The fourth-order valence-electron chi connectivity index (χ4n) is 9.46. The van der Waals surface area contributed by atoms with Crippen LogP contribution in [0, 0.1) is 0 Å². The molecule has 12 rings (SSSR count). The monoisotopic (exact) mass is 814 g/mol. The number of fused-ring (bicyclic) bond motifs is 6. The van der Waals surface area contributed by atoms with Crippen molar-refractivity contribution in [2.45, 2.75) is 0 Å². The summed E-state index contributed by atoms with van der Waals surface area (Å²) < 4.78 is 0. The van der Waals surface area contributed by atoms with Crippen LogP contribution < -0.4 is 9.80 Å². The highest BCUT2D eigenvalue weighted by molar-refractivity contribution is 6.05. The molecule has 0 saturated heterocycles. The average molecular weight is 815 g/mol. The van der Waals surface area contributed by atoms with Crippen molar-refractivity contribution >= 4 is 111 Å². The molecule has 0 aliphatic rings. The zero-order chi connectivity index (χ0) is 42.4. The van der Waals surface area contributed by atoms with E-state index in [1.54, 1.807) is 0 Å². The van der Waals surface area contributed by atoms with Crippen LogP contribution in [0.1, 0.15) is 11.1 Å². The molecular formula is C62H42N2. The van der Waals surface area contributed by atoms with Crippen LogP contribution in [0.3, 0.4) is 0 Å². The zero-order valence-electron chi connectivity index (χ0n) is 35.1. The van der Waals surface area contributed by atoms with Gasteiger partial charge in [0.1, 0.15) is 0 Å². The number of hydrogen-bond donors (Lipinski definition) is 0. The van der Waals surface area contributed by atoms with E-state index in [-0.39, 0.29) is 0 Å². The Labute approximate surface area is 372 Å². The van der Waals surface area contributed by atoms with E-state index >= 15 is 0 Å². The first-order valence-electron chi connectivity index (χ1n) is 22.0. The molecule has 0 amide bonds. The van der Waals surface area contributed by atoms with Crippen molar-refractivity contribution in [2.24, 2.45) is 0 Å². The second-order valence-electron chi connectivity index (χ2n) is 16.6. The number of rotatable bonds is 8. The molecule has 300 valence electrons. The minimum atomic E-state index is 1.12. The molecule has 0 aliphatic heterocycles. The van der Waals surface area contributed by atoms with E-state index in [0.717, 1.165) is 39.7 Å². The minimum absolute atomic E-state index is 1.12. The summed E-state index contributed by atoms with van der Waals surface area (Å²) in [5.41, 5.74) is 9.10. The average Bonchev–Trinajstić information content (AvgIpc) is 3.36. The second-order valence-corrected chi connectivity index (χ2v) is 16.6. The van der Waals surface area contributed by atoms with Gasteiger partial charge in [0.05, 0.1) is 5.69 Å². The van der Waals surface area contributed by atoms with Crippen molar-refractivity contribution in [3.63, 3.8) is 0 Å². The van der Waals surface area contributed by atoms with Gasteiger partial charge in [-0.1, -0.05) is 182 Å². The Morgan fingerprint density at radius 2 is 0.578 bits per heavy atom. The lowest BCUT2D eigenvalue weighted by atomic mass is 9.99. The van der Waals surface area contributed by atoms with Crippen molar-refractivity contribution < 1.29 is 0 Å². The molecule has 2 heteroatoms. The molecular weight excluding hydrogens is 773 g/mol. The minimum Gasteiger partial charge on any atom is -0.310 e. The van der Waals surface area contributed by atoms with E-state index in [0.29, 0.717) is 0 Å². The normalized spacial score (nSPS) is 11.7. The Morgan fingerprint density at radius 3 is 1.05 bits per heavy atom. The Bertz CT molecular complexity index is 3610. The van der Waals surface area contributed by atoms with Gasteiger partial charge in [0.25, 0.3) is 0 Å². The van der Waals surface area contributed by atoms with Gasteiger partial charge in [-0.2, -0.15) is 0 Å². The van der Waals surface area contributed by atoms with E-state index in [9.17, 15) is 0 Å². The highest BCUT2D eigenvalue weighted by atomic mass is 15.1.